The molecule has 1 saturated heterocycles. The Hall–Kier alpha value is -2.36. The highest BCUT2D eigenvalue weighted by molar-refractivity contribution is 7.92. The summed E-state index contributed by atoms with van der Waals surface area (Å²) in [7, 11) is -4.22. The third-order valence-electron chi connectivity index (χ3n) is 7.55. The Morgan fingerprint density at radius 2 is 1.91 bits per heavy atom. The second-order valence-electron chi connectivity index (χ2n) is 9.72. The highest BCUT2D eigenvalue weighted by Crippen LogP contribution is 2.55. The van der Waals surface area contributed by atoms with Crippen molar-refractivity contribution in [2.24, 2.45) is 5.41 Å². The molecule has 3 N–H and O–H groups in total. The number of hydrogen-bond donors (Lipinski definition) is 3. The number of halogens is 2. The van der Waals surface area contributed by atoms with E-state index in [0.29, 0.717) is 29.7 Å². The molecule has 2 heterocycles. The van der Waals surface area contributed by atoms with Crippen molar-refractivity contribution in [1.29, 1.82) is 0 Å². The van der Waals surface area contributed by atoms with Crippen LogP contribution in [0.15, 0.2) is 35.2 Å². The highest BCUT2D eigenvalue weighted by atomic mass is 35.5. The third kappa shape index (κ3) is 3.24. The van der Waals surface area contributed by atoms with Gasteiger partial charge in [0.1, 0.15) is 22.6 Å². The predicted octanol–water partition coefficient (Wildman–Crippen LogP) is 3.78. The van der Waals surface area contributed by atoms with Crippen molar-refractivity contribution in [2.45, 2.75) is 48.5 Å². The zero-order valence-electron chi connectivity index (χ0n) is 17.7. The van der Waals surface area contributed by atoms with Crippen LogP contribution in [-0.4, -0.2) is 33.5 Å². The van der Waals surface area contributed by atoms with Gasteiger partial charge in [0.25, 0.3) is 10.0 Å². The summed E-state index contributed by atoms with van der Waals surface area (Å²) in [6.07, 6.45) is 4.16. The normalized spacial score (nSPS) is 22.2. The van der Waals surface area contributed by atoms with Crippen LogP contribution in [0.5, 0.6) is 5.75 Å². The summed E-state index contributed by atoms with van der Waals surface area (Å²) in [6, 6.07) is 6.66. The first-order valence-electron chi connectivity index (χ1n) is 11.1. The first-order valence-corrected chi connectivity index (χ1v) is 12.9. The predicted molar refractivity (Wildman–Crippen MR) is 122 cm³/mol. The number of ether oxygens (including phenoxy) is 1. The summed E-state index contributed by atoms with van der Waals surface area (Å²) >= 11 is 5.77. The van der Waals surface area contributed by atoms with Crippen LogP contribution >= 0.6 is 11.6 Å². The lowest BCUT2D eigenvalue weighted by Crippen LogP contribution is -2.62. The Balaban J connectivity index is 1.35. The zero-order valence-corrected chi connectivity index (χ0v) is 19.3. The third-order valence-corrected chi connectivity index (χ3v) is 9.20. The lowest BCUT2D eigenvalue weighted by molar-refractivity contribution is -0.123. The molecule has 0 atom stereocenters. The molecule has 174 valence electrons. The van der Waals surface area contributed by atoms with Crippen molar-refractivity contribution in [3.63, 3.8) is 0 Å². The summed E-state index contributed by atoms with van der Waals surface area (Å²) in [5, 5.41) is 6.37. The van der Waals surface area contributed by atoms with Crippen LogP contribution in [0.25, 0.3) is 0 Å². The molecule has 7 nitrogen and oxygen atoms in total. The van der Waals surface area contributed by atoms with Crippen LogP contribution in [0.1, 0.15) is 37.7 Å². The van der Waals surface area contributed by atoms with Gasteiger partial charge in [-0.15, -0.1) is 0 Å². The SMILES string of the molecule is O=C1Nc2c(OC3CC4(CNC4)C3)cc(NS(=O)(=O)c3ccc(Cl)cc3F)cc2C12CCC2. The number of benzene rings is 2. The number of carbonyl (C=O) groups is 1. The number of amides is 1. The van der Waals surface area contributed by atoms with Crippen molar-refractivity contribution < 1.29 is 22.3 Å². The van der Waals surface area contributed by atoms with Gasteiger partial charge < -0.3 is 15.4 Å². The average molecular weight is 492 g/mol. The van der Waals surface area contributed by atoms with Gasteiger partial charge in [-0.05, 0) is 55.5 Å². The summed E-state index contributed by atoms with van der Waals surface area (Å²) in [6.45, 7) is 1.97. The molecular weight excluding hydrogens is 469 g/mol. The van der Waals surface area contributed by atoms with Crippen molar-refractivity contribution >= 4 is 38.9 Å². The van der Waals surface area contributed by atoms with E-state index in [1.807, 2.05) is 0 Å². The van der Waals surface area contributed by atoms with Gasteiger partial charge in [0, 0.05) is 29.6 Å². The second-order valence-corrected chi connectivity index (χ2v) is 11.8. The van der Waals surface area contributed by atoms with E-state index in [-0.39, 0.29) is 22.7 Å². The minimum absolute atomic E-state index is 0.00612. The number of rotatable bonds is 5. The Morgan fingerprint density at radius 3 is 2.52 bits per heavy atom. The molecular formula is C23H23ClFN3O4S. The standard InChI is InChI=1S/C23H23ClFN3O4S/c24-13-2-3-19(17(25)6-13)33(30,31)28-14-7-16-20(27-21(29)23(16)4-1-5-23)18(8-14)32-15-9-22(10-15)11-26-12-22/h2-3,6-8,15,26,28H,1,4-5,9-12H2,(H,27,29). The van der Waals surface area contributed by atoms with Crippen LogP contribution in [0.4, 0.5) is 15.8 Å². The monoisotopic (exact) mass is 491 g/mol. The van der Waals surface area contributed by atoms with Gasteiger partial charge in [0.2, 0.25) is 5.91 Å². The maximum atomic E-state index is 14.3. The Labute approximate surface area is 196 Å². The van der Waals surface area contributed by atoms with Gasteiger partial charge in [0.15, 0.2) is 0 Å². The Bertz CT molecular complexity index is 1280. The number of anilines is 2. The van der Waals surface area contributed by atoms with Gasteiger partial charge in [-0.3, -0.25) is 9.52 Å². The molecule has 4 aliphatic rings. The molecule has 0 radical (unpaired) electrons. The smallest absolute Gasteiger partial charge is 0.264 e. The number of hydrogen-bond acceptors (Lipinski definition) is 5. The number of nitrogens with one attached hydrogen (secondary N) is 3. The van der Waals surface area contributed by atoms with Crippen molar-refractivity contribution in [3.05, 3.63) is 46.7 Å². The molecule has 2 saturated carbocycles. The first-order chi connectivity index (χ1) is 15.7. The van der Waals surface area contributed by atoms with Gasteiger partial charge in [0.05, 0.1) is 16.8 Å². The molecule has 0 unspecified atom stereocenters. The lowest BCUT2D eigenvalue weighted by Gasteiger charge is -2.53. The van der Waals surface area contributed by atoms with Gasteiger partial charge in [-0.1, -0.05) is 18.0 Å². The number of sulfonamides is 1. The maximum Gasteiger partial charge on any atom is 0.264 e. The van der Waals surface area contributed by atoms with E-state index in [0.717, 1.165) is 50.0 Å². The quantitative estimate of drug-likeness (QED) is 0.591. The van der Waals surface area contributed by atoms with E-state index in [9.17, 15) is 17.6 Å². The Kier molecular flexibility index (Phi) is 4.54. The van der Waals surface area contributed by atoms with E-state index in [2.05, 4.69) is 15.4 Å². The molecule has 2 aliphatic carbocycles. The molecule has 0 aromatic heterocycles. The molecule has 33 heavy (non-hydrogen) atoms. The second kappa shape index (κ2) is 7.07. The summed E-state index contributed by atoms with van der Waals surface area (Å²) in [5.74, 6) is -0.564. The van der Waals surface area contributed by atoms with E-state index in [4.69, 9.17) is 16.3 Å². The van der Waals surface area contributed by atoms with E-state index < -0.39 is 26.2 Å². The molecule has 2 aromatic carbocycles. The minimum Gasteiger partial charge on any atom is -0.488 e. The minimum atomic E-state index is -4.22. The van der Waals surface area contributed by atoms with Crippen molar-refractivity contribution in [2.75, 3.05) is 23.1 Å². The number of carbonyl (C=O) groups excluding carboxylic acids is 1. The molecule has 1 amide bonds. The molecule has 3 fully saturated rings. The number of fused-ring (bicyclic) bond motifs is 2. The van der Waals surface area contributed by atoms with Crippen molar-refractivity contribution in [1.82, 2.24) is 5.32 Å². The van der Waals surface area contributed by atoms with Crippen molar-refractivity contribution in [3.8, 4) is 5.75 Å². The molecule has 6 rings (SSSR count). The summed E-state index contributed by atoms with van der Waals surface area (Å²) < 4.78 is 49.0. The fourth-order valence-electron chi connectivity index (χ4n) is 5.50. The maximum absolute atomic E-state index is 14.3. The summed E-state index contributed by atoms with van der Waals surface area (Å²) in [4.78, 5) is 12.3. The molecule has 2 aliphatic heterocycles. The zero-order chi connectivity index (χ0) is 23.0. The van der Waals surface area contributed by atoms with Gasteiger partial charge in [-0.25, -0.2) is 12.8 Å². The van der Waals surface area contributed by atoms with Crippen LogP contribution in [-0.2, 0) is 20.2 Å². The van der Waals surface area contributed by atoms with Crippen LogP contribution < -0.4 is 20.1 Å². The highest BCUT2D eigenvalue weighted by Gasteiger charge is 2.53. The average Bonchev–Trinajstić information content (AvgIpc) is 2.94. The largest absolute Gasteiger partial charge is 0.488 e. The van der Waals surface area contributed by atoms with Crippen LogP contribution in [0, 0.1) is 11.2 Å². The molecule has 2 spiro atoms. The topological polar surface area (TPSA) is 96.5 Å². The van der Waals surface area contributed by atoms with Gasteiger partial charge in [-0.2, -0.15) is 0 Å². The van der Waals surface area contributed by atoms with E-state index >= 15 is 0 Å². The van der Waals surface area contributed by atoms with Crippen LogP contribution in [0.2, 0.25) is 5.02 Å². The van der Waals surface area contributed by atoms with Crippen LogP contribution in [0.3, 0.4) is 0 Å². The molecule has 10 heteroatoms. The lowest BCUT2D eigenvalue weighted by atomic mass is 9.63. The van der Waals surface area contributed by atoms with Gasteiger partial charge >= 0.3 is 0 Å². The fraction of sp³-hybridized carbons (Fsp3) is 0.435. The molecule has 2 aromatic rings. The first kappa shape index (κ1) is 21.2. The molecule has 0 bridgehead atoms. The van der Waals surface area contributed by atoms with E-state index in [1.165, 1.54) is 6.07 Å². The summed E-state index contributed by atoms with van der Waals surface area (Å²) in [5.41, 5.74) is 1.25. The fourth-order valence-corrected chi connectivity index (χ4v) is 6.76. The van der Waals surface area contributed by atoms with E-state index in [1.54, 1.807) is 12.1 Å². The Morgan fingerprint density at radius 1 is 1.15 bits per heavy atom.